The summed E-state index contributed by atoms with van der Waals surface area (Å²) in [5.41, 5.74) is 2.60. The Balaban J connectivity index is 1.95. The van der Waals surface area contributed by atoms with Gasteiger partial charge in [0.05, 0.1) is 18.2 Å². The van der Waals surface area contributed by atoms with Gasteiger partial charge in [-0.15, -0.1) is 0 Å². The van der Waals surface area contributed by atoms with Gasteiger partial charge in [0.2, 0.25) is 0 Å². The summed E-state index contributed by atoms with van der Waals surface area (Å²) in [6, 6.07) is 11.9. The van der Waals surface area contributed by atoms with Crippen LogP contribution in [-0.2, 0) is 4.79 Å². The fourth-order valence-electron chi connectivity index (χ4n) is 2.96. The van der Waals surface area contributed by atoms with E-state index in [1.54, 1.807) is 25.1 Å². The number of thiocarbonyl (C=S) groups is 1. The number of phenolic OH excluding ortho intramolecular Hbond substituents is 1. The Hall–Kier alpha value is -2.58. The van der Waals surface area contributed by atoms with Gasteiger partial charge in [0.1, 0.15) is 0 Å². The molecule has 0 fully saturated rings. The summed E-state index contributed by atoms with van der Waals surface area (Å²) in [6.45, 7) is 4.06. The Kier molecular flexibility index (Phi) is 6.21. The van der Waals surface area contributed by atoms with Gasteiger partial charge in [-0.05, 0) is 68.0 Å². The molecule has 2 aromatic rings. The first-order valence-corrected chi connectivity index (χ1v) is 9.90. The Labute approximate surface area is 177 Å². The largest absolute Gasteiger partial charge is 0.504 e. The van der Waals surface area contributed by atoms with Crippen LogP contribution in [0.1, 0.15) is 25.5 Å². The number of carbonyl (C=O) groups excluding carboxylic acids is 1. The molecule has 6 nitrogen and oxygen atoms in total. The lowest BCUT2D eigenvalue weighted by atomic mass is 9.94. The topological polar surface area (TPSA) is 82.6 Å². The Morgan fingerprint density at radius 2 is 2.00 bits per heavy atom. The van der Waals surface area contributed by atoms with Crippen LogP contribution >= 0.6 is 28.1 Å². The van der Waals surface area contributed by atoms with Crippen LogP contribution in [0, 0.1) is 0 Å². The van der Waals surface area contributed by atoms with Crippen molar-refractivity contribution in [2.75, 3.05) is 11.9 Å². The van der Waals surface area contributed by atoms with Crippen LogP contribution in [0.4, 0.5) is 5.69 Å². The maximum atomic E-state index is 13.0. The highest BCUT2D eigenvalue weighted by Crippen LogP contribution is 2.34. The van der Waals surface area contributed by atoms with Crippen molar-refractivity contribution in [3.8, 4) is 11.5 Å². The highest BCUT2D eigenvalue weighted by atomic mass is 79.9. The molecule has 1 amide bonds. The maximum Gasteiger partial charge on any atom is 0.255 e. The highest BCUT2D eigenvalue weighted by molar-refractivity contribution is 9.10. The zero-order valence-corrected chi connectivity index (χ0v) is 17.8. The molecule has 3 rings (SSSR count). The van der Waals surface area contributed by atoms with Gasteiger partial charge < -0.3 is 25.8 Å². The van der Waals surface area contributed by atoms with Crippen molar-refractivity contribution in [1.29, 1.82) is 0 Å². The third-order valence-electron chi connectivity index (χ3n) is 4.23. The molecule has 1 atom stereocenters. The lowest BCUT2D eigenvalue weighted by molar-refractivity contribution is -0.113. The Morgan fingerprint density at radius 3 is 2.68 bits per heavy atom. The monoisotopic (exact) mass is 461 g/mol. The van der Waals surface area contributed by atoms with Crippen molar-refractivity contribution in [3.05, 3.63) is 63.8 Å². The molecule has 2 aromatic carbocycles. The molecule has 146 valence electrons. The lowest BCUT2D eigenvalue weighted by Gasteiger charge is -2.30. The van der Waals surface area contributed by atoms with E-state index in [4.69, 9.17) is 17.0 Å². The van der Waals surface area contributed by atoms with E-state index in [0.29, 0.717) is 34.4 Å². The van der Waals surface area contributed by atoms with Crippen molar-refractivity contribution in [1.82, 2.24) is 10.6 Å². The van der Waals surface area contributed by atoms with Gasteiger partial charge >= 0.3 is 0 Å². The zero-order chi connectivity index (χ0) is 20.3. The number of allylic oxidation sites excluding steroid dienone is 1. The number of rotatable bonds is 5. The number of halogens is 1. The number of carbonyl (C=O) groups is 1. The summed E-state index contributed by atoms with van der Waals surface area (Å²) >= 11 is 8.66. The number of hydrogen-bond acceptors (Lipinski definition) is 4. The Morgan fingerprint density at radius 1 is 1.29 bits per heavy atom. The van der Waals surface area contributed by atoms with Crippen LogP contribution in [-0.4, -0.2) is 22.7 Å². The molecule has 0 saturated carbocycles. The standard InChI is InChI=1S/C20H20BrN3O3S/c1-3-27-16-10-12(4-9-15(16)25)18-17(11(2)22-20(28)24-18)19(26)23-14-7-5-13(21)6-8-14/h4-10,18,25H,3H2,1-2H3,(H,23,26)(H2,22,24,28). The molecule has 1 heterocycles. The van der Waals surface area contributed by atoms with E-state index in [-0.39, 0.29) is 11.7 Å². The van der Waals surface area contributed by atoms with Gasteiger partial charge in [-0.25, -0.2) is 0 Å². The summed E-state index contributed by atoms with van der Waals surface area (Å²) in [5.74, 6) is 0.151. The van der Waals surface area contributed by atoms with Crippen LogP contribution in [0.5, 0.6) is 11.5 Å². The second-order valence-corrected chi connectivity index (χ2v) is 7.52. The van der Waals surface area contributed by atoms with Gasteiger partial charge in [-0.2, -0.15) is 0 Å². The molecule has 0 aromatic heterocycles. The predicted octanol–water partition coefficient (Wildman–Crippen LogP) is 3.98. The minimum Gasteiger partial charge on any atom is -0.504 e. The molecule has 8 heteroatoms. The molecule has 0 spiro atoms. The number of hydrogen-bond donors (Lipinski definition) is 4. The molecule has 0 aliphatic carbocycles. The fourth-order valence-corrected chi connectivity index (χ4v) is 3.49. The van der Waals surface area contributed by atoms with E-state index in [1.165, 1.54) is 0 Å². The van der Waals surface area contributed by atoms with Crippen LogP contribution in [0.25, 0.3) is 0 Å². The van der Waals surface area contributed by atoms with Crippen molar-refractivity contribution in [2.45, 2.75) is 19.9 Å². The van der Waals surface area contributed by atoms with E-state index < -0.39 is 6.04 Å². The maximum absolute atomic E-state index is 13.0. The lowest BCUT2D eigenvalue weighted by Crippen LogP contribution is -2.45. The summed E-state index contributed by atoms with van der Waals surface area (Å²) < 4.78 is 6.41. The van der Waals surface area contributed by atoms with E-state index >= 15 is 0 Å². The van der Waals surface area contributed by atoms with Crippen LogP contribution in [0.2, 0.25) is 0 Å². The van der Waals surface area contributed by atoms with Gasteiger partial charge in [0.25, 0.3) is 5.91 Å². The van der Waals surface area contributed by atoms with Gasteiger partial charge in [0, 0.05) is 15.9 Å². The second-order valence-electron chi connectivity index (χ2n) is 6.19. The van der Waals surface area contributed by atoms with E-state index in [9.17, 15) is 9.90 Å². The normalized spacial score (nSPS) is 16.2. The van der Waals surface area contributed by atoms with Crippen LogP contribution in [0.3, 0.4) is 0 Å². The molecule has 0 saturated heterocycles. The highest BCUT2D eigenvalue weighted by Gasteiger charge is 2.30. The smallest absolute Gasteiger partial charge is 0.255 e. The number of anilines is 1. The minimum atomic E-state index is -0.482. The van der Waals surface area contributed by atoms with Crippen molar-refractivity contribution >= 4 is 44.9 Å². The third-order valence-corrected chi connectivity index (χ3v) is 4.98. The number of amides is 1. The van der Waals surface area contributed by atoms with Crippen molar-refractivity contribution in [2.24, 2.45) is 0 Å². The quantitative estimate of drug-likeness (QED) is 0.504. The summed E-state index contributed by atoms with van der Waals surface area (Å²) in [4.78, 5) is 13.0. The van der Waals surface area contributed by atoms with Gasteiger partial charge in [-0.3, -0.25) is 4.79 Å². The van der Waals surface area contributed by atoms with Crippen molar-refractivity contribution < 1.29 is 14.6 Å². The molecule has 28 heavy (non-hydrogen) atoms. The number of nitrogens with one attached hydrogen (secondary N) is 3. The SMILES string of the molecule is CCOc1cc(C2NC(=S)NC(C)=C2C(=O)Nc2ccc(Br)cc2)ccc1O. The van der Waals surface area contributed by atoms with Crippen LogP contribution < -0.4 is 20.7 Å². The summed E-state index contributed by atoms with van der Waals surface area (Å²) in [6.07, 6.45) is 0. The predicted molar refractivity (Wildman–Crippen MR) is 116 cm³/mol. The average Bonchev–Trinajstić information content (AvgIpc) is 2.65. The van der Waals surface area contributed by atoms with Crippen molar-refractivity contribution in [3.63, 3.8) is 0 Å². The summed E-state index contributed by atoms with van der Waals surface area (Å²) in [7, 11) is 0. The minimum absolute atomic E-state index is 0.0451. The molecule has 1 unspecified atom stereocenters. The molecule has 4 N–H and O–H groups in total. The molecule has 1 aliphatic heterocycles. The fraction of sp³-hybridized carbons (Fsp3) is 0.200. The number of ether oxygens (including phenoxy) is 1. The number of phenols is 1. The first kappa shape index (κ1) is 20.2. The summed E-state index contributed by atoms with van der Waals surface area (Å²) in [5, 5.41) is 19.5. The first-order valence-electron chi connectivity index (χ1n) is 8.70. The zero-order valence-electron chi connectivity index (χ0n) is 15.4. The molecule has 0 bridgehead atoms. The number of aromatic hydroxyl groups is 1. The second kappa shape index (κ2) is 8.62. The molecular formula is C20H20BrN3O3S. The van der Waals surface area contributed by atoms with Crippen LogP contribution in [0.15, 0.2) is 58.2 Å². The van der Waals surface area contributed by atoms with Gasteiger partial charge in [-0.1, -0.05) is 22.0 Å². The van der Waals surface area contributed by atoms with E-state index in [2.05, 4.69) is 31.9 Å². The van der Waals surface area contributed by atoms with Gasteiger partial charge in [0.15, 0.2) is 16.6 Å². The number of benzene rings is 2. The first-order chi connectivity index (χ1) is 13.4. The van der Waals surface area contributed by atoms with E-state index in [0.717, 1.165) is 10.0 Å². The van der Waals surface area contributed by atoms with E-state index in [1.807, 2.05) is 31.2 Å². The molecule has 0 radical (unpaired) electrons. The molecular weight excluding hydrogens is 442 g/mol. The third kappa shape index (κ3) is 4.45. The Bertz CT molecular complexity index is 944. The molecule has 1 aliphatic rings. The average molecular weight is 462 g/mol.